The van der Waals surface area contributed by atoms with Gasteiger partial charge < -0.3 is 14.4 Å². The van der Waals surface area contributed by atoms with Gasteiger partial charge in [-0.2, -0.15) is 0 Å². The molecule has 1 saturated heterocycles. The van der Waals surface area contributed by atoms with E-state index in [0.29, 0.717) is 13.2 Å². The van der Waals surface area contributed by atoms with E-state index in [-0.39, 0.29) is 11.9 Å². The van der Waals surface area contributed by atoms with Gasteiger partial charge in [0.1, 0.15) is 18.1 Å². The molecule has 0 bridgehead atoms. The smallest absolute Gasteiger partial charge is 0.219 e. The fraction of sp³-hybridized carbons (Fsp3) is 0.308. The SMILES string of the molecule is COc1ccc([C@H]2CN(C(C)=O)CCN2Cc2ccccc2OCc2ccccn2)cc1. The van der Waals surface area contributed by atoms with Crippen LogP contribution in [0.3, 0.4) is 0 Å². The summed E-state index contributed by atoms with van der Waals surface area (Å²) in [5.41, 5.74) is 3.19. The summed E-state index contributed by atoms with van der Waals surface area (Å²) in [7, 11) is 1.67. The number of amides is 1. The van der Waals surface area contributed by atoms with Crippen LogP contribution in [0, 0.1) is 0 Å². The minimum Gasteiger partial charge on any atom is -0.497 e. The van der Waals surface area contributed by atoms with E-state index in [1.54, 1.807) is 20.2 Å². The maximum absolute atomic E-state index is 12.1. The number of carbonyl (C=O) groups excluding carboxylic acids is 1. The maximum atomic E-state index is 12.1. The van der Waals surface area contributed by atoms with Crippen LogP contribution in [-0.4, -0.2) is 47.4 Å². The van der Waals surface area contributed by atoms with Crippen LogP contribution in [0.25, 0.3) is 0 Å². The molecule has 6 heteroatoms. The molecule has 1 aromatic heterocycles. The lowest BCUT2D eigenvalue weighted by atomic mass is 10.0. The molecule has 1 amide bonds. The summed E-state index contributed by atoms with van der Waals surface area (Å²) in [5, 5.41) is 0. The molecule has 2 aromatic carbocycles. The van der Waals surface area contributed by atoms with E-state index in [2.05, 4.69) is 28.1 Å². The highest BCUT2D eigenvalue weighted by molar-refractivity contribution is 5.73. The molecule has 32 heavy (non-hydrogen) atoms. The van der Waals surface area contributed by atoms with Gasteiger partial charge in [-0.05, 0) is 35.9 Å². The zero-order valence-corrected chi connectivity index (χ0v) is 18.6. The Morgan fingerprint density at radius 1 is 1.03 bits per heavy atom. The van der Waals surface area contributed by atoms with Gasteiger partial charge in [0, 0.05) is 44.9 Å². The Hall–Kier alpha value is -3.38. The zero-order valence-electron chi connectivity index (χ0n) is 18.6. The molecule has 166 valence electrons. The second-order valence-electron chi connectivity index (χ2n) is 7.94. The van der Waals surface area contributed by atoms with Crippen LogP contribution in [0.1, 0.15) is 29.8 Å². The number of carbonyl (C=O) groups is 1. The molecule has 3 aromatic rings. The van der Waals surface area contributed by atoms with Gasteiger partial charge in [-0.25, -0.2) is 0 Å². The Kier molecular flexibility index (Phi) is 7.02. The van der Waals surface area contributed by atoms with E-state index in [1.807, 2.05) is 53.4 Å². The van der Waals surface area contributed by atoms with Gasteiger partial charge in [0.15, 0.2) is 0 Å². The minimum atomic E-state index is 0.0994. The molecular weight excluding hydrogens is 402 g/mol. The van der Waals surface area contributed by atoms with E-state index in [4.69, 9.17) is 9.47 Å². The lowest BCUT2D eigenvalue weighted by Gasteiger charge is -2.41. The Labute approximate surface area is 189 Å². The first-order valence-electron chi connectivity index (χ1n) is 10.9. The van der Waals surface area contributed by atoms with Crippen molar-refractivity contribution in [3.05, 3.63) is 89.7 Å². The molecule has 1 aliphatic rings. The Balaban J connectivity index is 1.54. The molecule has 0 aliphatic carbocycles. The van der Waals surface area contributed by atoms with E-state index in [0.717, 1.165) is 42.4 Å². The van der Waals surface area contributed by atoms with Crippen molar-refractivity contribution in [1.82, 2.24) is 14.8 Å². The molecule has 2 heterocycles. The number of piperazine rings is 1. The van der Waals surface area contributed by atoms with E-state index >= 15 is 0 Å². The summed E-state index contributed by atoms with van der Waals surface area (Å²) >= 11 is 0. The molecule has 1 fully saturated rings. The van der Waals surface area contributed by atoms with Crippen LogP contribution in [-0.2, 0) is 17.9 Å². The van der Waals surface area contributed by atoms with Gasteiger partial charge in [0.2, 0.25) is 5.91 Å². The highest BCUT2D eigenvalue weighted by Gasteiger charge is 2.30. The number of nitrogens with zero attached hydrogens (tertiary/aromatic N) is 3. The van der Waals surface area contributed by atoms with Gasteiger partial charge in [0.25, 0.3) is 0 Å². The molecule has 1 atom stereocenters. The van der Waals surface area contributed by atoms with Crippen LogP contribution in [0.5, 0.6) is 11.5 Å². The number of hydrogen-bond acceptors (Lipinski definition) is 5. The summed E-state index contributed by atoms with van der Waals surface area (Å²) in [6.07, 6.45) is 1.78. The molecule has 0 saturated carbocycles. The summed E-state index contributed by atoms with van der Waals surface area (Å²) in [6, 6.07) is 22.2. The second-order valence-corrected chi connectivity index (χ2v) is 7.94. The number of methoxy groups -OCH3 is 1. The molecule has 6 nitrogen and oxygen atoms in total. The first-order chi connectivity index (χ1) is 15.6. The summed E-state index contributed by atoms with van der Waals surface area (Å²) in [6.45, 7) is 4.99. The number of ether oxygens (including phenoxy) is 2. The number of para-hydroxylation sites is 1. The molecule has 4 rings (SSSR count). The molecule has 0 N–H and O–H groups in total. The second kappa shape index (κ2) is 10.3. The molecule has 0 radical (unpaired) electrons. The van der Waals surface area contributed by atoms with Crippen LogP contribution >= 0.6 is 0 Å². The largest absolute Gasteiger partial charge is 0.497 e. The fourth-order valence-electron chi connectivity index (χ4n) is 4.07. The lowest BCUT2D eigenvalue weighted by Crippen LogP contribution is -2.49. The zero-order chi connectivity index (χ0) is 22.3. The standard InChI is InChI=1S/C26H29N3O3/c1-20(30)28-15-16-29(25(18-28)21-10-12-24(31-2)13-11-21)17-22-7-3-4-9-26(22)32-19-23-8-5-6-14-27-23/h3-14,25H,15-19H2,1-2H3/t25-/m1/s1. The Bertz CT molecular complexity index is 1020. The van der Waals surface area contributed by atoms with Gasteiger partial charge >= 0.3 is 0 Å². The predicted octanol–water partition coefficient (Wildman–Crippen LogP) is 4.07. The third-order valence-electron chi connectivity index (χ3n) is 5.88. The highest BCUT2D eigenvalue weighted by atomic mass is 16.5. The lowest BCUT2D eigenvalue weighted by molar-refractivity contribution is -0.132. The molecule has 0 spiro atoms. The minimum absolute atomic E-state index is 0.0994. The van der Waals surface area contributed by atoms with Gasteiger partial charge in [-0.15, -0.1) is 0 Å². The average Bonchev–Trinajstić information content (AvgIpc) is 2.84. The first kappa shape index (κ1) is 21.8. The van der Waals surface area contributed by atoms with E-state index in [1.165, 1.54) is 5.56 Å². The normalized spacial score (nSPS) is 16.6. The first-order valence-corrected chi connectivity index (χ1v) is 10.9. The van der Waals surface area contributed by atoms with Gasteiger partial charge in [-0.3, -0.25) is 14.7 Å². The highest BCUT2D eigenvalue weighted by Crippen LogP contribution is 2.31. The third kappa shape index (κ3) is 5.26. The number of benzene rings is 2. The van der Waals surface area contributed by atoms with Crippen molar-refractivity contribution in [2.24, 2.45) is 0 Å². The quantitative estimate of drug-likeness (QED) is 0.564. The number of pyridine rings is 1. The Morgan fingerprint density at radius 3 is 2.53 bits per heavy atom. The van der Waals surface area contributed by atoms with Crippen LogP contribution in [0.15, 0.2) is 72.9 Å². The van der Waals surface area contributed by atoms with Gasteiger partial charge in [0.05, 0.1) is 18.8 Å². The number of rotatable bonds is 7. The van der Waals surface area contributed by atoms with E-state index in [9.17, 15) is 4.79 Å². The van der Waals surface area contributed by atoms with Crippen molar-refractivity contribution in [3.8, 4) is 11.5 Å². The van der Waals surface area contributed by atoms with Crippen molar-refractivity contribution in [2.75, 3.05) is 26.7 Å². The van der Waals surface area contributed by atoms with Crippen molar-refractivity contribution in [1.29, 1.82) is 0 Å². The number of aromatic nitrogens is 1. The summed E-state index contributed by atoms with van der Waals surface area (Å²) < 4.78 is 11.4. The van der Waals surface area contributed by atoms with E-state index < -0.39 is 0 Å². The number of hydrogen-bond donors (Lipinski definition) is 0. The van der Waals surface area contributed by atoms with Crippen LogP contribution in [0.4, 0.5) is 0 Å². The molecule has 1 aliphatic heterocycles. The van der Waals surface area contributed by atoms with Crippen molar-refractivity contribution >= 4 is 5.91 Å². The fourth-order valence-corrected chi connectivity index (χ4v) is 4.07. The van der Waals surface area contributed by atoms with Crippen LogP contribution < -0.4 is 9.47 Å². The van der Waals surface area contributed by atoms with Crippen molar-refractivity contribution < 1.29 is 14.3 Å². The summed E-state index contributed by atoms with van der Waals surface area (Å²) in [5.74, 6) is 1.80. The third-order valence-corrected chi connectivity index (χ3v) is 5.88. The van der Waals surface area contributed by atoms with Gasteiger partial charge in [-0.1, -0.05) is 36.4 Å². The van der Waals surface area contributed by atoms with Crippen molar-refractivity contribution in [2.45, 2.75) is 26.1 Å². The predicted molar refractivity (Wildman–Crippen MR) is 123 cm³/mol. The molecular formula is C26H29N3O3. The maximum Gasteiger partial charge on any atom is 0.219 e. The Morgan fingerprint density at radius 2 is 1.81 bits per heavy atom. The average molecular weight is 432 g/mol. The topological polar surface area (TPSA) is 54.9 Å². The van der Waals surface area contributed by atoms with Crippen LogP contribution in [0.2, 0.25) is 0 Å². The summed E-state index contributed by atoms with van der Waals surface area (Å²) in [4.78, 5) is 20.8. The monoisotopic (exact) mass is 431 g/mol. The van der Waals surface area contributed by atoms with Crippen molar-refractivity contribution in [3.63, 3.8) is 0 Å². The molecule has 0 unspecified atom stereocenters.